The summed E-state index contributed by atoms with van der Waals surface area (Å²) in [6, 6.07) is 8.64. The number of rotatable bonds is 3. The standard InChI is InChI=1S/C14H15ClN2/c15-13(9-14-16-5-6-17-14)12-7-10-3-1-2-4-11(10)8-12/h1-6,12-13H,7-9H2,(H,16,17). The minimum atomic E-state index is 0.161. The fourth-order valence-electron chi connectivity index (χ4n) is 2.61. The summed E-state index contributed by atoms with van der Waals surface area (Å²) in [6.07, 6.45) is 6.66. The van der Waals surface area contributed by atoms with Gasteiger partial charge in [-0.2, -0.15) is 0 Å². The predicted molar refractivity (Wildman–Crippen MR) is 69.3 cm³/mol. The molecule has 17 heavy (non-hydrogen) atoms. The first-order valence-electron chi connectivity index (χ1n) is 6.02. The van der Waals surface area contributed by atoms with Crippen LogP contribution in [0.25, 0.3) is 0 Å². The highest BCUT2D eigenvalue weighted by atomic mass is 35.5. The van der Waals surface area contributed by atoms with Gasteiger partial charge in [0, 0.05) is 24.2 Å². The summed E-state index contributed by atoms with van der Waals surface area (Å²) in [5.74, 6) is 1.53. The molecule has 0 bridgehead atoms. The van der Waals surface area contributed by atoms with Gasteiger partial charge in [0.2, 0.25) is 0 Å². The first kappa shape index (κ1) is 10.8. The maximum atomic E-state index is 6.51. The van der Waals surface area contributed by atoms with Gasteiger partial charge in [0.25, 0.3) is 0 Å². The molecule has 88 valence electrons. The fraction of sp³-hybridized carbons (Fsp3) is 0.357. The van der Waals surface area contributed by atoms with Gasteiger partial charge in [-0.3, -0.25) is 0 Å². The van der Waals surface area contributed by atoms with Crippen LogP contribution in [0.1, 0.15) is 17.0 Å². The Labute approximate surface area is 106 Å². The lowest BCUT2D eigenvalue weighted by Crippen LogP contribution is -2.18. The van der Waals surface area contributed by atoms with Crippen LogP contribution in [0.2, 0.25) is 0 Å². The number of aromatic amines is 1. The van der Waals surface area contributed by atoms with Crippen molar-refractivity contribution in [1.29, 1.82) is 0 Å². The second-order valence-corrected chi connectivity index (χ2v) is 5.25. The Hall–Kier alpha value is -1.28. The first-order chi connectivity index (χ1) is 8.33. The monoisotopic (exact) mass is 246 g/mol. The topological polar surface area (TPSA) is 28.7 Å². The third kappa shape index (κ3) is 2.22. The van der Waals surface area contributed by atoms with Crippen molar-refractivity contribution in [2.75, 3.05) is 0 Å². The number of aromatic nitrogens is 2. The van der Waals surface area contributed by atoms with Crippen molar-refractivity contribution in [3.63, 3.8) is 0 Å². The highest BCUT2D eigenvalue weighted by Crippen LogP contribution is 2.31. The summed E-state index contributed by atoms with van der Waals surface area (Å²) < 4.78 is 0. The van der Waals surface area contributed by atoms with Crippen LogP contribution in [-0.4, -0.2) is 15.3 Å². The van der Waals surface area contributed by atoms with Crippen LogP contribution < -0.4 is 0 Å². The molecule has 1 N–H and O–H groups in total. The van der Waals surface area contributed by atoms with Crippen LogP contribution in [0.15, 0.2) is 36.7 Å². The van der Waals surface area contributed by atoms with Gasteiger partial charge in [-0.25, -0.2) is 4.98 Å². The molecule has 0 radical (unpaired) electrons. The molecule has 0 saturated heterocycles. The third-order valence-electron chi connectivity index (χ3n) is 3.54. The van der Waals surface area contributed by atoms with Gasteiger partial charge in [-0.1, -0.05) is 24.3 Å². The minimum absolute atomic E-state index is 0.161. The molecule has 2 aromatic rings. The summed E-state index contributed by atoms with van der Waals surface area (Å²) in [6.45, 7) is 0. The Bertz CT molecular complexity index is 468. The zero-order chi connectivity index (χ0) is 11.7. The molecule has 2 nitrogen and oxygen atoms in total. The number of nitrogens with zero attached hydrogens (tertiary/aromatic N) is 1. The molecule has 0 saturated carbocycles. The molecule has 0 spiro atoms. The number of alkyl halides is 1. The summed E-state index contributed by atoms with van der Waals surface area (Å²) in [7, 11) is 0. The lowest BCUT2D eigenvalue weighted by molar-refractivity contribution is 0.517. The number of H-pyrrole nitrogens is 1. The molecule has 1 aromatic heterocycles. The number of hydrogen-bond donors (Lipinski definition) is 1. The number of fused-ring (bicyclic) bond motifs is 1. The Morgan fingerprint density at radius 3 is 2.59 bits per heavy atom. The van der Waals surface area contributed by atoms with Crippen molar-refractivity contribution in [3.05, 3.63) is 53.6 Å². The van der Waals surface area contributed by atoms with Gasteiger partial charge in [-0.15, -0.1) is 11.6 Å². The SMILES string of the molecule is ClC(Cc1ncc[nH]1)C1Cc2ccccc2C1. The molecule has 1 aliphatic carbocycles. The van der Waals surface area contributed by atoms with Gasteiger partial charge in [-0.05, 0) is 29.9 Å². The molecule has 1 heterocycles. The number of benzene rings is 1. The lowest BCUT2D eigenvalue weighted by Gasteiger charge is -2.15. The van der Waals surface area contributed by atoms with E-state index in [2.05, 4.69) is 34.2 Å². The van der Waals surface area contributed by atoms with Crippen molar-refractivity contribution in [2.24, 2.45) is 5.92 Å². The molecule has 1 atom stereocenters. The van der Waals surface area contributed by atoms with E-state index in [-0.39, 0.29) is 5.38 Å². The number of imidazole rings is 1. The summed E-state index contributed by atoms with van der Waals surface area (Å²) >= 11 is 6.51. The van der Waals surface area contributed by atoms with E-state index in [1.54, 1.807) is 6.20 Å². The fourth-order valence-corrected chi connectivity index (χ4v) is 2.93. The van der Waals surface area contributed by atoms with E-state index in [0.717, 1.165) is 25.1 Å². The van der Waals surface area contributed by atoms with E-state index in [0.29, 0.717) is 5.92 Å². The van der Waals surface area contributed by atoms with Crippen LogP contribution in [0.5, 0.6) is 0 Å². The third-order valence-corrected chi connectivity index (χ3v) is 4.05. The minimum Gasteiger partial charge on any atom is -0.349 e. The van der Waals surface area contributed by atoms with Crippen LogP contribution in [0.4, 0.5) is 0 Å². The van der Waals surface area contributed by atoms with Crippen molar-refractivity contribution in [1.82, 2.24) is 9.97 Å². The highest BCUT2D eigenvalue weighted by Gasteiger charge is 2.27. The summed E-state index contributed by atoms with van der Waals surface area (Å²) in [5, 5.41) is 0.161. The average Bonchev–Trinajstić information content (AvgIpc) is 2.96. The van der Waals surface area contributed by atoms with Gasteiger partial charge in [0.15, 0.2) is 0 Å². The van der Waals surface area contributed by atoms with Gasteiger partial charge in [0.1, 0.15) is 5.82 Å². The van der Waals surface area contributed by atoms with Crippen LogP contribution >= 0.6 is 11.6 Å². The summed E-state index contributed by atoms with van der Waals surface area (Å²) in [5.41, 5.74) is 2.92. The molecule has 3 heteroatoms. The Balaban J connectivity index is 1.68. The predicted octanol–water partition coefficient (Wildman–Crippen LogP) is 2.97. The van der Waals surface area contributed by atoms with E-state index in [4.69, 9.17) is 11.6 Å². The average molecular weight is 247 g/mol. The Kier molecular flexibility index (Phi) is 2.89. The second-order valence-electron chi connectivity index (χ2n) is 4.69. The van der Waals surface area contributed by atoms with E-state index in [9.17, 15) is 0 Å². The number of nitrogens with one attached hydrogen (secondary N) is 1. The van der Waals surface area contributed by atoms with Gasteiger partial charge in [0.05, 0.1) is 0 Å². The van der Waals surface area contributed by atoms with E-state index in [1.807, 2.05) is 6.20 Å². The number of hydrogen-bond acceptors (Lipinski definition) is 1. The summed E-state index contributed by atoms with van der Waals surface area (Å²) in [4.78, 5) is 7.35. The highest BCUT2D eigenvalue weighted by molar-refractivity contribution is 6.21. The van der Waals surface area contributed by atoms with Crippen molar-refractivity contribution in [3.8, 4) is 0 Å². The quantitative estimate of drug-likeness (QED) is 0.829. The molecule has 0 aliphatic heterocycles. The lowest BCUT2D eigenvalue weighted by atomic mass is 9.99. The molecule has 0 amide bonds. The molecular formula is C14H15ClN2. The van der Waals surface area contributed by atoms with Crippen LogP contribution in [-0.2, 0) is 19.3 Å². The second kappa shape index (κ2) is 4.53. The smallest absolute Gasteiger partial charge is 0.107 e. The zero-order valence-electron chi connectivity index (χ0n) is 9.57. The largest absolute Gasteiger partial charge is 0.349 e. The van der Waals surface area contributed by atoms with E-state index in [1.165, 1.54) is 11.1 Å². The van der Waals surface area contributed by atoms with Gasteiger partial charge < -0.3 is 4.98 Å². The van der Waals surface area contributed by atoms with E-state index < -0.39 is 0 Å². The molecule has 1 aromatic carbocycles. The van der Waals surface area contributed by atoms with E-state index >= 15 is 0 Å². The van der Waals surface area contributed by atoms with Gasteiger partial charge >= 0.3 is 0 Å². The van der Waals surface area contributed by atoms with Crippen LogP contribution in [0.3, 0.4) is 0 Å². The molecular weight excluding hydrogens is 232 g/mol. The molecule has 3 rings (SSSR count). The maximum Gasteiger partial charge on any atom is 0.107 e. The Morgan fingerprint density at radius 2 is 2.00 bits per heavy atom. The van der Waals surface area contributed by atoms with Crippen molar-refractivity contribution < 1.29 is 0 Å². The van der Waals surface area contributed by atoms with Crippen LogP contribution in [0, 0.1) is 5.92 Å². The van der Waals surface area contributed by atoms with Crippen molar-refractivity contribution >= 4 is 11.6 Å². The maximum absolute atomic E-state index is 6.51. The molecule has 1 aliphatic rings. The normalized spacial score (nSPS) is 17.0. The first-order valence-corrected chi connectivity index (χ1v) is 6.45. The zero-order valence-corrected chi connectivity index (χ0v) is 10.3. The number of halogens is 1. The molecule has 0 fully saturated rings. The molecule has 1 unspecified atom stereocenters. The van der Waals surface area contributed by atoms with Crippen molar-refractivity contribution in [2.45, 2.75) is 24.6 Å². The Morgan fingerprint density at radius 1 is 1.29 bits per heavy atom.